The Labute approximate surface area is 234 Å². The Balaban J connectivity index is 1.33. The quantitative estimate of drug-likeness (QED) is 0.311. The van der Waals surface area contributed by atoms with Gasteiger partial charge in [0.15, 0.2) is 0 Å². The van der Waals surface area contributed by atoms with Gasteiger partial charge in [0.05, 0.1) is 19.3 Å². The van der Waals surface area contributed by atoms with E-state index in [4.69, 9.17) is 0 Å². The molecule has 0 bridgehead atoms. The number of hydrogen-bond donors (Lipinski definition) is 1. The standard InChI is InChI=1S/C31H29BN7O/c1-21-6-8-23(9-7-21)26-20-37(35-34-26)30-17-15-28-31(24-10-12-25(13-11-24)33-22(2)40)27-14-16-29(38(27)32-39(28)30)36-18-4-3-5-19-36/h6-17,20H,3-5,18-19H2,1-2H3/p+1. The molecule has 2 aromatic heterocycles. The Bertz CT molecular complexity index is 1700. The number of aromatic nitrogens is 4. The second-order valence-electron chi connectivity index (χ2n) is 10.6. The van der Waals surface area contributed by atoms with Crippen molar-refractivity contribution in [1.82, 2.24) is 24.3 Å². The first kappa shape index (κ1) is 24.4. The molecule has 5 heterocycles. The number of carbonyl (C=O) groups is 1. The molecule has 0 aliphatic carbocycles. The van der Waals surface area contributed by atoms with Crippen molar-refractivity contribution in [2.45, 2.75) is 33.1 Å². The average molecular weight is 527 g/mol. The lowest BCUT2D eigenvalue weighted by Gasteiger charge is -2.27. The number of rotatable bonds is 4. The second-order valence-corrected chi connectivity index (χ2v) is 10.6. The summed E-state index contributed by atoms with van der Waals surface area (Å²) in [6.45, 7) is 5.73. The molecule has 4 aromatic rings. The summed E-state index contributed by atoms with van der Waals surface area (Å²) in [5, 5.41) is 11.9. The molecule has 8 nitrogen and oxygen atoms in total. The van der Waals surface area contributed by atoms with Crippen LogP contribution in [0.3, 0.4) is 0 Å². The molecule has 7 rings (SSSR count). The summed E-state index contributed by atoms with van der Waals surface area (Å²) in [6, 6.07) is 20.7. The number of piperidine rings is 1. The van der Waals surface area contributed by atoms with Crippen LogP contribution in [0.1, 0.15) is 43.0 Å². The van der Waals surface area contributed by atoms with E-state index in [9.17, 15) is 4.79 Å². The summed E-state index contributed by atoms with van der Waals surface area (Å²) in [6.07, 6.45) is 10.1. The number of amidine groups is 1. The van der Waals surface area contributed by atoms with E-state index in [1.165, 1.54) is 37.6 Å². The summed E-state index contributed by atoms with van der Waals surface area (Å²) in [5.41, 5.74) is 8.30. The van der Waals surface area contributed by atoms with Gasteiger partial charge in [0, 0.05) is 35.5 Å². The van der Waals surface area contributed by atoms with Gasteiger partial charge in [-0.15, -0.1) is 5.10 Å². The Morgan fingerprint density at radius 1 is 0.925 bits per heavy atom. The van der Waals surface area contributed by atoms with Crippen molar-refractivity contribution < 1.29 is 9.37 Å². The Kier molecular flexibility index (Phi) is 5.99. The van der Waals surface area contributed by atoms with Crippen LogP contribution in [0.2, 0.25) is 0 Å². The molecule has 1 saturated heterocycles. The Hall–Kier alpha value is -4.66. The molecular weight excluding hydrogens is 497 g/mol. The normalized spacial score (nSPS) is 16.2. The maximum Gasteiger partial charge on any atom is 0.553 e. The molecule has 3 aliphatic heterocycles. The molecule has 1 N–H and O–H groups in total. The minimum atomic E-state index is -0.0796. The number of aryl methyl sites for hydroxylation is 1. The van der Waals surface area contributed by atoms with Crippen LogP contribution < -0.4 is 5.32 Å². The Morgan fingerprint density at radius 2 is 1.68 bits per heavy atom. The number of benzene rings is 2. The predicted molar refractivity (Wildman–Crippen MR) is 157 cm³/mol. The van der Waals surface area contributed by atoms with Gasteiger partial charge in [-0.05, 0) is 62.1 Å². The number of allylic oxidation sites excluding steroid dienone is 1. The molecule has 0 atom stereocenters. The van der Waals surface area contributed by atoms with E-state index in [1.807, 2.05) is 23.0 Å². The molecule has 0 unspecified atom stereocenters. The highest BCUT2D eigenvalue weighted by Crippen LogP contribution is 2.37. The van der Waals surface area contributed by atoms with Crippen LogP contribution in [-0.2, 0) is 4.79 Å². The van der Waals surface area contributed by atoms with Crippen LogP contribution in [-0.4, -0.2) is 61.2 Å². The van der Waals surface area contributed by atoms with Crippen molar-refractivity contribution in [2.24, 2.45) is 0 Å². The fraction of sp³-hybridized carbons (Fsp3) is 0.226. The lowest BCUT2D eigenvalue weighted by molar-refractivity contribution is -0.539. The summed E-state index contributed by atoms with van der Waals surface area (Å²) in [7, 11) is 2.17. The van der Waals surface area contributed by atoms with Gasteiger partial charge < -0.3 is 9.79 Å². The van der Waals surface area contributed by atoms with Gasteiger partial charge in [-0.1, -0.05) is 47.2 Å². The third-order valence-electron chi connectivity index (χ3n) is 7.79. The molecule has 0 saturated carbocycles. The monoisotopic (exact) mass is 527 g/mol. The van der Waals surface area contributed by atoms with Crippen molar-refractivity contribution in [1.29, 1.82) is 0 Å². The largest absolute Gasteiger partial charge is 0.553 e. The minimum Gasteiger partial charge on any atom is -0.329 e. The lowest BCUT2D eigenvalue weighted by Crippen LogP contribution is -2.43. The zero-order valence-electron chi connectivity index (χ0n) is 22.7. The van der Waals surface area contributed by atoms with Crippen LogP contribution in [0.15, 0.2) is 84.7 Å². The van der Waals surface area contributed by atoms with E-state index in [0.717, 1.165) is 58.4 Å². The summed E-state index contributed by atoms with van der Waals surface area (Å²) in [5.74, 6) is 2.03. The molecular formula is C31H30BN7O+. The SMILES string of the molecule is CC(=O)Nc1ccc(C2=C3C=CC(=[N+]4CCCCC4)N3[B]n3c2ccc3-n2cc(-c3ccc(C)cc3)nn2)cc1. The van der Waals surface area contributed by atoms with Crippen LogP contribution in [0.25, 0.3) is 22.6 Å². The molecule has 1 amide bonds. The van der Waals surface area contributed by atoms with E-state index >= 15 is 0 Å². The zero-order chi connectivity index (χ0) is 27.2. The molecule has 40 heavy (non-hydrogen) atoms. The van der Waals surface area contributed by atoms with Gasteiger partial charge in [0.1, 0.15) is 17.2 Å². The maximum absolute atomic E-state index is 11.6. The molecule has 2 aromatic carbocycles. The van der Waals surface area contributed by atoms with Crippen molar-refractivity contribution in [3.8, 4) is 17.1 Å². The van der Waals surface area contributed by atoms with Gasteiger partial charge in [-0.25, -0.2) is 4.68 Å². The number of fused-ring (bicyclic) bond motifs is 2. The number of nitrogens with zero attached hydrogens (tertiary/aromatic N) is 6. The van der Waals surface area contributed by atoms with Crippen LogP contribution in [0.5, 0.6) is 0 Å². The summed E-state index contributed by atoms with van der Waals surface area (Å²) >= 11 is 0. The minimum absolute atomic E-state index is 0.0796. The highest BCUT2D eigenvalue weighted by molar-refractivity contribution is 6.40. The lowest BCUT2D eigenvalue weighted by atomic mass is 9.91. The van der Waals surface area contributed by atoms with Gasteiger partial charge in [0.25, 0.3) is 5.84 Å². The number of nitrogens with one attached hydrogen (secondary N) is 1. The van der Waals surface area contributed by atoms with Crippen LogP contribution in [0.4, 0.5) is 5.69 Å². The number of hydrogen-bond acceptors (Lipinski definition) is 3. The first-order chi connectivity index (χ1) is 19.5. The van der Waals surface area contributed by atoms with Crippen molar-refractivity contribution in [3.05, 3.63) is 102 Å². The van der Waals surface area contributed by atoms with Gasteiger partial charge in [0.2, 0.25) is 5.91 Å². The fourth-order valence-electron chi connectivity index (χ4n) is 5.79. The third kappa shape index (κ3) is 4.27. The second kappa shape index (κ2) is 9.82. The smallest absolute Gasteiger partial charge is 0.329 e. The topological polar surface area (TPSA) is 71.0 Å². The van der Waals surface area contributed by atoms with E-state index < -0.39 is 0 Å². The molecule has 0 spiro atoms. The number of amides is 1. The third-order valence-corrected chi connectivity index (χ3v) is 7.79. The molecule has 3 aliphatic rings. The first-order valence-electron chi connectivity index (χ1n) is 13.8. The van der Waals surface area contributed by atoms with Crippen LogP contribution >= 0.6 is 0 Å². The Morgan fingerprint density at radius 3 is 2.42 bits per heavy atom. The van der Waals surface area contributed by atoms with Crippen LogP contribution in [0, 0.1) is 6.92 Å². The van der Waals surface area contributed by atoms with Gasteiger partial charge in [-0.3, -0.25) is 14.2 Å². The van der Waals surface area contributed by atoms with E-state index in [1.54, 1.807) is 0 Å². The van der Waals surface area contributed by atoms with Crippen molar-refractivity contribution in [2.75, 3.05) is 18.4 Å². The predicted octanol–water partition coefficient (Wildman–Crippen LogP) is 4.62. The van der Waals surface area contributed by atoms with Crippen molar-refractivity contribution >= 4 is 30.6 Å². The van der Waals surface area contributed by atoms with Gasteiger partial charge in [-0.2, -0.15) is 0 Å². The number of anilines is 1. The highest BCUT2D eigenvalue weighted by atomic mass is 16.1. The van der Waals surface area contributed by atoms with Crippen molar-refractivity contribution in [3.63, 3.8) is 0 Å². The fourth-order valence-corrected chi connectivity index (χ4v) is 5.79. The molecule has 1 radical (unpaired) electrons. The zero-order valence-corrected chi connectivity index (χ0v) is 22.7. The van der Waals surface area contributed by atoms with Gasteiger partial charge >= 0.3 is 7.55 Å². The van der Waals surface area contributed by atoms with E-state index in [0.29, 0.717) is 0 Å². The summed E-state index contributed by atoms with van der Waals surface area (Å²) < 4.78 is 6.53. The van der Waals surface area contributed by atoms with E-state index in [-0.39, 0.29) is 5.91 Å². The molecule has 9 heteroatoms. The molecule has 197 valence electrons. The van der Waals surface area contributed by atoms with E-state index in [2.05, 4.69) is 105 Å². The first-order valence-corrected chi connectivity index (χ1v) is 13.8. The highest BCUT2D eigenvalue weighted by Gasteiger charge is 2.40. The summed E-state index contributed by atoms with van der Waals surface area (Å²) in [4.78, 5) is 13.9. The number of carbonyl (C=O) groups excluding carboxylic acids is 1. The average Bonchev–Trinajstić information content (AvgIpc) is 3.71. The molecule has 1 fully saturated rings. The maximum atomic E-state index is 11.6.